The predicted molar refractivity (Wildman–Crippen MR) is 103 cm³/mol. The molecule has 0 aromatic carbocycles. The highest BCUT2D eigenvalue weighted by Crippen LogP contribution is 2.37. The Morgan fingerprint density at radius 2 is 2.26 bits per heavy atom. The second-order valence-corrected chi connectivity index (χ2v) is 8.11. The van der Waals surface area contributed by atoms with E-state index >= 15 is 0 Å². The number of carbonyl (C=O) groups is 1. The lowest BCUT2D eigenvalue weighted by Gasteiger charge is -2.09. The van der Waals surface area contributed by atoms with Crippen LogP contribution in [0.15, 0.2) is 16.0 Å². The van der Waals surface area contributed by atoms with Gasteiger partial charge in [-0.05, 0) is 31.2 Å². The second-order valence-electron chi connectivity index (χ2n) is 6.06. The van der Waals surface area contributed by atoms with Crippen LogP contribution >= 0.6 is 23.1 Å². The SMILES string of the molecule is N#Cc1c(NC(=O)CSc2nnc3[nH]c(=O)cc(N)n23)sc2c1CCCC2. The number of nitriles is 1. The van der Waals surface area contributed by atoms with Gasteiger partial charge in [0.2, 0.25) is 11.7 Å². The van der Waals surface area contributed by atoms with Crippen LogP contribution in [-0.2, 0) is 17.6 Å². The Bertz CT molecular complexity index is 1140. The number of thioether (sulfide) groups is 1. The number of H-pyrrole nitrogens is 1. The van der Waals surface area contributed by atoms with E-state index < -0.39 is 0 Å². The van der Waals surface area contributed by atoms with Gasteiger partial charge >= 0.3 is 0 Å². The smallest absolute Gasteiger partial charge is 0.254 e. The molecule has 4 rings (SSSR count). The van der Waals surface area contributed by atoms with Crippen molar-refractivity contribution >= 4 is 45.6 Å². The first-order valence-corrected chi connectivity index (χ1v) is 10.1. The summed E-state index contributed by atoms with van der Waals surface area (Å²) in [6.45, 7) is 0. The van der Waals surface area contributed by atoms with Gasteiger partial charge in [-0.3, -0.25) is 14.6 Å². The number of hydrogen-bond acceptors (Lipinski definition) is 8. The molecule has 0 unspecified atom stereocenters. The van der Waals surface area contributed by atoms with E-state index in [0.717, 1.165) is 43.0 Å². The summed E-state index contributed by atoms with van der Waals surface area (Å²) in [6.07, 6.45) is 4.04. The van der Waals surface area contributed by atoms with Crippen LogP contribution in [0.2, 0.25) is 0 Å². The third kappa shape index (κ3) is 3.29. The minimum atomic E-state index is -0.368. The highest BCUT2D eigenvalue weighted by Gasteiger charge is 2.22. The number of rotatable bonds is 4. The van der Waals surface area contributed by atoms with Gasteiger partial charge in [0.15, 0.2) is 5.16 Å². The lowest BCUT2D eigenvalue weighted by Crippen LogP contribution is -2.15. The molecule has 27 heavy (non-hydrogen) atoms. The van der Waals surface area contributed by atoms with Crippen molar-refractivity contribution < 1.29 is 4.79 Å². The molecule has 138 valence electrons. The van der Waals surface area contributed by atoms with Crippen molar-refractivity contribution in [3.63, 3.8) is 0 Å². The Balaban J connectivity index is 1.49. The summed E-state index contributed by atoms with van der Waals surface area (Å²) in [7, 11) is 0. The average Bonchev–Trinajstić information content (AvgIpc) is 3.20. The van der Waals surface area contributed by atoms with Gasteiger partial charge in [-0.1, -0.05) is 11.8 Å². The molecule has 1 aliphatic carbocycles. The molecule has 4 N–H and O–H groups in total. The van der Waals surface area contributed by atoms with Gasteiger partial charge in [0.05, 0.1) is 11.3 Å². The summed E-state index contributed by atoms with van der Waals surface area (Å²) in [4.78, 5) is 27.5. The quantitative estimate of drug-likeness (QED) is 0.563. The van der Waals surface area contributed by atoms with Gasteiger partial charge in [0.25, 0.3) is 5.56 Å². The summed E-state index contributed by atoms with van der Waals surface area (Å²) in [6, 6.07) is 3.46. The fraction of sp³-hybridized carbons (Fsp3) is 0.312. The van der Waals surface area contributed by atoms with E-state index in [0.29, 0.717) is 15.7 Å². The van der Waals surface area contributed by atoms with Crippen molar-refractivity contribution in [2.24, 2.45) is 0 Å². The summed E-state index contributed by atoms with van der Waals surface area (Å²) in [5.74, 6) is 0.252. The number of aromatic nitrogens is 4. The Morgan fingerprint density at radius 3 is 3.07 bits per heavy atom. The van der Waals surface area contributed by atoms with Crippen LogP contribution in [0, 0.1) is 11.3 Å². The van der Waals surface area contributed by atoms with Crippen molar-refractivity contribution in [2.45, 2.75) is 30.8 Å². The molecule has 0 bridgehead atoms. The normalized spacial score (nSPS) is 13.3. The van der Waals surface area contributed by atoms with Crippen molar-refractivity contribution in [1.29, 1.82) is 5.26 Å². The minimum Gasteiger partial charge on any atom is -0.385 e. The number of nitrogens with zero attached hydrogens (tertiary/aromatic N) is 4. The number of nitrogens with two attached hydrogens (primary N) is 1. The van der Waals surface area contributed by atoms with E-state index in [2.05, 4.69) is 26.6 Å². The van der Waals surface area contributed by atoms with Crippen LogP contribution in [0.25, 0.3) is 5.78 Å². The molecule has 9 nitrogen and oxygen atoms in total. The van der Waals surface area contributed by atoms with Gasteiger partial charge in [0.1, 0.15) is 16.9 Å². The van der Waals surface area contributed by atoms with Crippen LogP contribution < -0.4 is 16.6 Å². The third-order valence-electron chi connectivity index (χ3n) is 4.27. The number of anilines is 2. The number of nitrogen functional groups attached to an aromatic ring is 1. The first-order chi connectivity index (χ1) is 13.1. The molecule has 0 saturated heterocycles. The molecule has 3 heterocycles. The van der Waals surface area contributed by atoms with E-state index in [1.807, 2.05) is 0 Å². The Kier molecular flexibility index (Phi) is 4.59. The Hall–Kier alpha value is -2.84. The first kappa shape index (κ1) is 17.6. The zero-order valence-corrected chi connectivity index (χ0v) is 15.7. The zero-order chi connectivity index (χ0) is 19.0. The fourth-order valence-corrected chi connectivity index (χ4v) is 5.10. The van der Waals surface area contributed by atoms with Crippen LogP contribution in [0.5, 0.6) is 0 Å². The number of carbonyl (C=O) groups excluding carboxylic acids is 1. The van der Waals surface area contributed by atoms with E-state index in [-0.39, 0.29) is 28.8 Å². The van der Waals surface area contributed by atoms with Gasteiger partial charge in [-0.2, -0.15) is 5.26 Å². The molecule has 0 atom stereocenters. The number of fused-ring (bicyclic) bond motifs is 2. The van der Waals surface area contributed by atoms with Gasteiger partial charge in [0, 0.05) is 10.9 Å². The van der Waals surface area contributed by atoms with E-state index in [1.54, 1.807) is 0 Å². The monoisotopic (exact) mass is 401 g/mol. The van der Waals surface area contributed by atoms with Crippen molar-refractivity contribution in [1.82, 2.24) is 19.6 Å². The molecule has 11 heteroatoms. The number of amides is 1. The third-order valence-corrected chi connectivity index (χ3v) is 6.41. The summed E-state index contributed by atoms with van der Waals surface area (Å²) in [5, 5.41) is 21.1. The standard InChI is InChI=1S/C16H15N7O2S2/c17-6-9-8-3-1-2-4-10(8)27-14(9)19-13(25)7-26-16-22-21-15-20-12(24)5-11(18)23(15)16/h5H,1-4,7,18H2,(H,19,25)(H,20,21,24). The van der Waals surface area contributed by atoms with Crippen LogP contribution in [0.4, 0.5) is 10.8 Å². The molecule has 0 spiro atoms. The maximum Gasteiger partial charge on any atom is 0.254 e. The summed E-state index contributed by atoms with van der Waals surface area (Å²) >= 11 is 2.64. The topological polar surface area (TPSA) is 142 Å². The highest BCUT2D eigenvalue weighted by atomic mass is 32.2. The molecule has 0 aliphatic heterocycles. The molecule has 1 amide bonds. The van der Waals surface area contributed by atoms with E-state index in [4.69, 9.17) is 5.73 Å². The number of aryl methyl sites for hydroxylation is 1. The molecular formula is C16H15N7O2S2. The number of thiophene rings is 1. The van der Waals surface area contributed by atoms with Crippen molar-refractivity contribution in [3.05, 3.63) is 32.4 Å². The summed E-state index contributed by atoms with van der Waals surface area (Å²) < 4.78 is 1.48. The van der Waals surface area contributed by atoms with E-state index in [9.17, 15) is 14.9 Å². The van der Waals surface area contributed by atoms with Gasteiger partial charge < -0.3 is 11.1 Å². The zero-order valence-electron chi connectivity index (χ0n) is 14.1. The van der Waals surface area contributed by atoms with Crippen LogP contribution in [0.3, 0.4) is 0 Å². The lowest BCUT2D eigenvalue weighted by molar-refractivity contribution is -0.113. The molecule has 1 aliphatic rings. The lowest BCUT2D eigenvalue weighted by atomic mass is 9.96. The first-order valence-electron chi connectivity index (χ1n) is 8.28. The fourth-order valence-electron chi connectivity index (χ4n) is 3.09. The molecule has 0 radical (unpaired) electrons. The van der Waals surface area contributed by atoms with Gasteiger partial charge in [-0.15, -0.1) is 21.5 Å². The molecule has 3 aromatic rings. The van der Waals surface area contributed by atoms with Crippen molar-refractivity contribution in [2.75, 3.05) is 16.8 Å². The summed E-state index contributed by atoms with van der Waals surface area (Å²) in [5.41, 5.74) is 7.14. The average molecular weight is 401 g/mol. The Labute approximate surface area is 161 Å². The van der Waals surface area contributed by atoms with E-state index in [1.165, 1.54) is 26.7 Å². The van der Waals surface area contributed by atoms with Crippen LogP contribution in [0.1, 0.15) is 28.8 Å². The highest BCUT2D eigenvalue weighted by molar-refractivity contribution is 7.99. The molecule has 3 aromatic heterocycles. The number of aromatic amines is 1. The Morgan fingerprint density at radius 1 is 1.44 bits per heavy atom. The predicted octanol–water partition coefficient (Wildman–Crippen LogP) is 1.54. The van der Waals surface area contributed by atoms with Crippen LogP contribution in [-0.4, -0.2) is 31.2 Å². The molecule has 0 saturated carbocycles. The van der Waals surface area contributed by atoms with Gasteiger partial charge in [-0.25, -0.2) is 4.40 Å². The second kappa shape index (κ2) is 7.05. The molecular weight excluding hydrogens is 386 g/mol. The van der Waals surface area contributed by atoms with Crippen molar-refractivity contribution in [3.8, 4) is 6.07 Å². The minimum absolute atomic E-state index is 0.0762. The molecule has 0 fully saturated rings. The number of nitrogens with one attached hydrogen (secondary N) is 2. The maximum atomic E-state index is 12.4. The largest absolute Gasteiger partial charge is 0.385 e. The number of hydrogen-bond donors (Lipinski definition) is 3. The maximum absolute atomic E-state index is 12.4.